The van der Waals surface area contributed by atoms with E-state index < -0.39 is 5.91 Å². The van der Waals surface area contributed by atoms with Gasteiger partial charge in [-0.3, -0.25) is 9.59 Å². The Morgan fingerprint density at radius 2 is 1.90 bits per heavy atom. The summed E-state index contributed by atoms with van der Waals surface area (Å²) in [5, 5.41) is 2.95. The van der Waals surface area contributed by atoms with Gasteiger partial charge in [-0.15, -0.1) is 0 Å². The van der Waals surface area contributed by atoms with Gasteiger partial charge in [-0.2, -0.15) is 0 Å². The third-order valence-corrected chi connectivity index (χ3v) is 3.16. The normalized spacial score (nSPS) is 10.0. The number of carbonyl (C=O) groups excluding carboxylic acids is 2. The Hall–Kier alpha value is -2.53. The van der Waals surface area contributed by atoms with Crippen LogP contribution in [0, 0.1) is 0 Å². The molecule has 0 aliphatic rings. The fourth-order valence-corrected chi connectivity index (χ4v) is 1.90. The molecule has 2 amide bonds. The molecule has 2 aromatic carbocycles. The number of anilines is 1. The van der Waals surface area contributed by atoms with Crippen molar-refractivity contribution >= 4 is 29.1 Å². The number of halogens is 1. The molecule has 2 aromatic rings. The first kappa shape index (κ1) is 14.9. The van der Waals surface area contributed by atoms with Crippen molar-refractivity contribution in [2.45, 2.75) is 0 Å². The predicted molar refractivity (Wildman–Crippen MR) is 80.9 cm³/mol. The molecule has 5 nitrogen and oxygen atoms in total. The van der Waals surface area contributed by atoms with Crippen LogP contribution in [0.5, 0.6) is 5.75 Å². The molecule has 0 atom stereocenters. The van der Waals surface area contributed by atoms with Crippen LogP contribution >= 0.6 is 11.6 Å². The highest BCUT2D eigenvalue weighted by Crippen LogP contribution is 2.24. The Bertz CT molecular complexity index is 701. The second-order valence-corrected chi connectivity index (χ2v) is 4.65. The van der Waals surface area contributed by atoms with E-state index >= 15 is 0 Å². The van der Waals surface area contributed by atoms with Gasteiger partial charge in [0.2, 0.25) is 5.91 Å². The van der Waals surface area contributed by atoms with Crippen molar-refractivity contribution in [1.82, 2.24) is 0 Å². The van der Waals surface area contributed by atoms with E-state index in [9.17, 15) is 9.59 Å². The Balaban J connectivity index is 2.26. The van der Waals surface area contributed by atoms with Gasteiger partial charge in [0, 0.05) is 11.1 Å². The van der Waals surface area contributed by atoms with Gasteiger partial charge in [0.15, 0.2) is 0 Å². The van der Waals surface area contributed by atoms with Crippen LogP contribution in [-0.2, 0) is 0 Å². The number of benzene rings is 2. The number of ether oxygens (including phenoxy) is 1. The topological polar surface area (TPSA) is 81.4 Å². The summed E-state index contributed by atoms with van der Waals surface area (Å²) in [5.41, 5.74) is 6.20. The number of hydrogen-bond donors (Lipinski definition) is 2. The minimum absolute atomic E-state index is 0.264. The molecule has 0 saturated heterocycles. The van der Waals surface area contributed by atoms with Gasteiger partial charge in [0.25, 0.3) is 5.91 Å². The summed E-state index contributed by atoms with van der Waals surface area (Å²) in [5.74, 6) is -0.388. The number of methoxy groups -OCH3 is 1. The highest BCUT2D eigenvalue weighted by Gasteiger charge is 2.11. The number of nitrogens with one attached hydrogen (secondary N) is 1. The second kappa shape index (κ2) is 6.28. The Labute approximate surface area is 126 Å². The third kappa shape index (κ3) is 3.52. The van der Waals surface area contributed by atoms with Gasteiger partial charge in [0.1, 0.15) is 5.75 Å². The molecule has 21 heavy (non-hydrogen) atoms. The van der Waals surface area contributed by atoms with Crippen molar-refractivity contribution in [2.24, 2.45) is 5.73 Å². The van der Waals surface area contributed by atoms with Gasteiger partial charge in [0.05, 0.1) is 17.8 Å². The van der Waals surface area contributed by atoms with E-state index in [1.807, 2.05) is 0 Å². The molecule has 0 unspecified atom stereocenters. The molecule has 0 aromatic heterocycles. The van der Waals surface area contributed by atoms with Crippen molar-refractivity contribution in [3.63, 3.8) is 0 Å². The monoisotopic (exact) mass is 304 g/mol. The number of amides is 2. The molecular weight excluding hydrogens is 292 g/mol. The fourth-order valence-electron chi connectivity index (χ4n) is 1.73. The summed E-state index contributed by atoms with van der Waals surface area (Å²) in [7, 11) is 1.52. The average molecular weight is 305 g/mol. The summed E-state index contributed by atoms with van der Waals surface area (Å²) < 4.78 is 5.06. The van der Waals surface area contributed by atoms with Gasteiger partial charge in [-0.25, -0.2) is 0 Å². The van der Waals surface area contributed by atoms with E-state index in [2.05, 4.69) is 5.32 Å². The zero-order valence-electron chi connectivity index (χ0n) is 11.2. The zero-order chi connectivity index (χ0) is 15.4. The molecule has 108 valence electrons. The summed E-state index contributed by atoms with van der Waals surface area (Å²) in [6.45, 7) is 0. The minimum Gasteiger partial charge on any atom is -0.497 e. The molecule has 2 rings (SSSR count). The van der Waals surface area contributed by atoms with Crippen molar-refractivity contribution in [3.8, 4) is 5.75 Å². The summed E-state index contributed by atoms with van der Waals surface area (Å²) in [6.07, 6.45) is 0. The lowest BCUT2D eigenvalue weighted by Crippen LogP contribution is -2.15. The standard InChI is InChI=1S/C15H13ClN2O3/c1-21-11-4-2-3-10(7-11)15(20)18-13-8-9(14(17)19)5-6-12(13)16/h2-8H,1H3,(H2,17,19)(H,18,20). The molecule has 3 N–H and O–H groups in total. The quantitative estimate of drug-likeness (QED) is 0.911. The van der Waals surface area contributed by atoms with Gasteiger partial charge in [-0.1, -0.05) is 17.7 Å². The van der Waals surface area contributed by atoms with Crippen molar-refractivity contribution in [2.75, 3.05) is 12.4 Å². The molecule has 0 aliphatic heterocycles. The first-order chi connectivity index (χ1) is 10.0. The van der Waals surface area contributed by atoms with E-state index in [4.69, 9.17) is 22.1 Å². The fraction of sp³-hybridized carbons (Fsp3) is 0.0667. The lowest BCUT2D eigenvalue weighted by molar-refractivity contribution is 0.0996. The largest absolute Gasteiger partial charge is 0.497 e. The molecule has 6 heteroatoms. The predicted octanol–water partition coefficient (Wildman–Crippen LogP) is 2.70. The van der Waals surface area contributed by atoms with Crippen molar-refractivity contribution in [3.05, 3.63) is 58.6 Å². The zero-order valence-corrected chi connectivity index (χ0v) is 12.0. The highest BCUT2D eigenvalue weighted by atomic mass is 35.5. The van der Waals surface area contributed by atoms with Crippen LogP contribution in [0.25, 0.3) is 0 Å². The number of primary amides is 1. The minimum atomic E-state index is -0.594. The average Bonchev–Trinajstić information content (AvgIpc) is 2.49. The van der Waals surface area contributed by atoms with Crippen LogP contribution in [0.3, 0.4) is 0 Å². The Kier molecular flexibility index (Phi) is 4.45. The summed E-state index contributed by atoms with van der Waals surface area (Å²) in [6, 6.07) is 11.1. The van der Waals surface area contributed by atoms with Crippen LogP contribution in [0.15, 0.2) is 42.5 Å². The van der Waals surface area contributed by atoms with Crippen LogP contribution in [-0.4, -0.2) is 18.9 Å². The number of rotatable bonds is 4. The van der Waals surface area contributed by atoms with Gasteiger partial charge in [-0.05, 0) is 36.4 Å². The highest BCUT2D eigenvalue weighted by molar-refractivity contribution is 6.34. The number of nitrogens with two attached hydrogens (primary N) is 1. The summed E-state index contributed by atoms with van der Waals surface area (Å²) in [4.78, 5) is 23.3. The maximum absolute atomic E-state index is 12.2. The Morgan fingerprint density at radius 1 is 1.14 bits per heavy atom. The van der Waals surface area contributed by atoms with Crippen molar-refractivity contribution in [1.29, 1.82) is 0 Å². The van der Waals surface area contributed by atoms with E-state index in [-0.39, 0.29) is 11.5 Å². The lowest BCUT2D eigenvalue weighted by Gasteiger charge is -2.09. The first-order valence-electron chi connectivity index (χ1n) is 6.06. The molecule has 0 aliphatic carbocycles. The SMILES string of the molecule is COc1cccc(C(=O)Nc2cc(C(N)=O)ccc2Cl)c1. The van der Waals surface area contributed by atoms with Crippen molar-refractivity contribution < 1.29 is 14.3 Å². The first-order valence-corrected chi connectivity index (χ1v) is 6.44. The maximum atomic E-state index is 12.2. The molecule has 0 saturated carbocycles. The molecule has 0 spiro atoms. The van der Waals surface area contributed by atoms with Crippen LogP contribution < -0.4 is 15.8 Å². The van der Waals surface area contributed by atoms with Crippen LogP contribution in [0.2, 0.25) is 5.02 Å². The van der Waals surface area contributed by atoms with Gasteiger partial charge < -0.3 is 15.8 Å². The van der Waals surface area contributed by atoms with E-state index in [1.54, 1.807) is 24.3 Å². The van der Waals surface area contributed by atoms with Gasteiger partial charge >= 0.3 is 0 Å². The van der Waals surface area contributed by atoms with Crippen LogP contribution in [0.1, 0.15) is 20.7 Å². The third-order valence-electron chi connectivity index (χ3n) is 2.83. The molecule has 0 radical (unpaired) electrons. The maximum Gasteiger partial charge on any atom is 0.255 e. The number of carbonyl (C=O) groups is 2. The molecular formula is C15H13ClN2O3. The number of hydrogen-bond acceptors (Lipinski definition) is 3. The second-order valence-electron chi connectivity index (χ2n) is 4.24. The van der Waals surface area contributed by atoms with E-state index in [0.29, 0.717) is 22.0 Å². The Morgan fingerprint density at radius 3 is 2.57 bits per heavy atom. The molecule has 0 bridgehead atoms. The van der Waals surface area contributed by atoms with E-state index in [0.717, 1.165) is 0 Å². The van der Waals surface area contributed by atoms with Crippen LogP contribution in [0.4, 0.5) is 5.69 Å². The van der Waals surface area contributed by atoms with E-state index in [1.165, 1.54) is 25.3 Å². The molecule has 0 heterocycles. The smallest absolute Gasteiger partial charge is 0.255 e. The summed E-state index contributed by atoms with van der Waals surface area (Å²) >= 11 is 6.00. The molecule has 0 fully saturated rings. The lowest BCUT2D eigenvalue weighted by atomic mass is 10.1.